The number of amides is 2. The molecule has 5 N–H and O–H groups in total. The van der Waals surface area contributed by atoms with Crippen molar-refractivity contribution in [1.29, 1.82) is 0 Å². The van der Waals surface area contributed by atoms with Crippen LogP contribution >= 0.6 is 11.6 Å². The first-order valence-electron chi connectivity index (χ1n) is 7.94. The Kier molecular flexibility index (Phi) is 6.80. The van der Waals surface area contributed by atoms with Crippen LogP contribution in [-0.2, 0) is 31.0 Å². The lowest BCUT2D eigenvalue weighted by Gasteiger charge is -2.17. The SMILES string of the molecule is CN(OC(=O)c1cc(S(N)(=O)=O)c(Cl)cc1NCc1ccccc1)C(=O)C(N)=O. The molecule has 0 aliphatic heterocycles. The minimum Gasteiger partial charge on any atom is -0.380 e. The Morgan fingerprint density at radius 2 is 1.79 bits per heavy atom. The van der Waals surface area contributed by atoms with Gasteiger partial charge in [-0.3, -0.25) is 9.59 Å². The highest BCUT2D eigenvalue weighted by Gasteiger charge is 2.25. The number of halogens is 1. The van der Waals surface area contributed by atoms with Gasteiger partial charge in [0.2, 0.25) is 10.0 Å². The molecule has 0 unspecified atom stereocenters. The molecule has 0 aliphatic carbocycles. The first-order chi connectivity index (χ1) is 13.5. The fraction of sp³-hybridized carbons (Fsp3) is 0.118. The van der Waals surface area contributed by atoms with Crippen molar-refractivity contribution in [2.24, 2.45) is 10.9 Å². The van der Waals surface area contributed by atoms with Crippen LogP contribution < -0.4 is 16.2 Å². The topological polar surface area (TPSA) is 162 Å². The second kappa shape index (κ2) is 8.90. The number of hydrogen-bond acceptors (Lipinski definition) is 7. The molecule has 0 heterocycles. The quantitative estimate of drug-likeness (QED) is 0.453. The number of rotatable bonds is 5. The van der Waals surface area contributed by atoms with Crippen molar-refractivity contribution >= 4 is 45.1 Å². The number of carbonyl (C=O) groups is 3. The summed E-state index contributed by atoms with van der Waals surface area (Å²) in [5.74, 6) is -3.76. The van der Waals surface area contributed by atoms with Crippen LogP contribution in [0.4, 0.5) is 5.69 Å². The number of anilines is 1. The number of primary amides is 1. The second-order valence-electron chi connectivity index (χ2n) is 5.76. The summed E-state index contributed by atoms with van der Waals surface area (Å²) in [6.45, 7) is 0.266. The fourth-order valence-electron chi connectivity index (χ4n) is 2.25. The van der Waals surface area contributed by atoms with Gasteiger partial charge in [0.1, 0.15) is 4.90 Å². The highest BCUT2D eigenvalue weighted by Crippen LogP contribution is 2.29. The van der Waals surface area contributed by atoms with Gasteiger partial charge in [-0.05, 0) is 17.7 Å². The van der Waals surface area contributed by atoms with E-state index in [2.05, 4.69) is 5.32 Å². The molecule has 154 valence electrons. The van der Waals surface area contributed by atoms with Crippen molar-refractivity contribution in [2.45, 2.75) is 11.4 Å². The zero-order valence-electron chi connectivity index (χ0n) is 15.1. The number of benzene rings is 2. The van der Waals surface area contributed by atoms with Crippen LogP contribution in [-0.4, -0.2) is 38.3 Å². The van der Waals surface area contributed by atoms with Crippen molar-refractivity contribution in [1.82, 2.24) is 5.06 Å². The summed E-state index contributed by atoms with van der Waals surface area (Å²) in [5.41, 5.74) is 5.55. The number of likely N-dealkylation sites (N-methyl/N-ethyl adjacent to an activating group) is 1. The summed E-state index contributed by atoms with van der Waals surface area (Å²) in [4.78, 5) is 39.2. The van der Waals surface area contributed by atoms with E-state index in [0.717, 1.165) is 18.7 Å². The van der Waals surface area contributed by atoms with Crippen LogP contribution in [0, 0.1) is 0 Å². The van der Waals surface area contributed by atoms with Crippen LogP contribution in [0.2, 0.25) is 5.02 Å². The molecule has 10 nitrogen and oxygen atoms in total. The van der Waals surface area contributed by atoms with Gasteiger partial charge in [0.15, 0.2) is 0 Å². The molecule has 2 rings (SSSR count). The van der Waals surface area contributed by atoms with Gasteiger partial charge >= 0.3 is 17.8 Å². The van der Waals surface area contributed by atoms with Gasteiger partial charge in [0, 0.05) is 13.6 Å². The van der Waals surface area contributed by atoms with Crippen LogP contribution in [0.15, 0.2) is 47.4 Å². The highest BCUT2D eigenvalue weighted by atomic mass is 35.5. The molecular formula is C17H17ClN4O6S. The molecule has 2 aromatic carbocycles. The van der Waals surface area contributed by atoms with Crippen molar-refractivity contribution in [3.63, 3.8) is 0 Å². The Hall–Kier alpha value is -3.15. The molecule has 0 bridgehead atoms. The maximum atomic E-state index is 12.5. The first kappa shape index (κ1) is 22.1. The van der Waals surface area contributed by atoms with E-state index in [1.54, 1.807) is 0 Å². The normalized spacial score (nSPS) is 10.9. The average molecular weight is 441 g/mol. The third-order valence-corrected chi connectivity index (χ3v) is 5.02. The number of nitrogens with two attached hydrogens (primary N) is 2. The summed E-state index contributed by atoms with van der Waals surface area (Å²) in [6, 6.07) is 11.2. The molecule has 0 aliphatic rings. The number of carbonyl (C=O) groups excluding carboxylic acids is 3. The van der Waals surface area contributed by atoms with Crippen LogP contribution in [0.25, 0.3) is 0 Å². The fourth-order valence-corrected chi connectivity index (χ4v) is 3.35. The third kappa shape index (κ3) is 5.67. The zero-order valence-corrected chi connectivity index (χ0v) is 16.7. The van der Waals surface area contributed by atoms with Crippen molar-refractivity contribution < 1.29 is 27.6 Å². The number of hydroxylamine groups is 2. The van der Waals surface area contributed by atoms with Crippen molar-refractivity contribution in [3.05, 3.63) is 58.6 Å². The van der Waals surface area contributed by atoms with Crippen LogP contribution in [0.5, 0.6) is 0 Å². The lowest BCUT2D eigenvalue weighted by atomic mass is 10.1. The van der Waals surface area contributed by atoms with E-state index in [4.69, 9.17) is 27.3 Å². The van der Waals surface area contributed by atoms with Gasteiger partial charge < -0.3 is 15.9 Å². The van der Waals surface area contributed by atoms with Crippen LogP contribution in [0.1, 0.15) is 15.9 Å². The Labute approximate surface area is 171 Å². The lowest BCUT2D eigenvalue weighted by molar-refractivity contribution is -0.166. The van der Waals surface area contributed by atoms with Gasteiger partial charge in [0.05, 0.1) is 16.3 Å². The molecule has 0 atom stereocenters. The van der Waals surface area contributed by atoms with Crippen LogP contribution in [0.3, 0.4) is 0 Å². The largest absolute Gasteiger partial charge is 0.380 e. The first-order valence-corrected chi connectivity index (χ1v) is 9.87. The van der Waals surface area contributed by atoms with Gasteiger partial charge in [-0.1, -0.05) is 41.9 Å². The third-order valence-electron chi connectivity index (χ3n) is 3.64. The van der Waals surface area contributed by atoms with Gasteiger partial charge in [-0.15, -0.1) is 0 Å². The Morgan fingerprint density at radius 3 is 2.34 bits per heavy atom. The number of sulfonamides is 1. The molecule has 0 fully saturated rings. The molecule has 0 aromatic heterocycles. The molecule has 12 heteroatoms. The molecular weight excluding hydrogens is 424 g/mol. The van der Waals surface area contributed by atoms with E-state index in [0.29, 0.717) is 5.06 Å². The Balaban J connectivity index is 2.41. The summed E-state index contributed by atoms with van der Waals surface area (Å²) in [5, 5.41) is 8.17. The standard InChI is InChI=1S/C17H17ClN4O6S/c1-22(16(24)15(19)23)28-17(25)11-7-14(29(20,26)27)12(18)8-13(11)21-9-10-5-3-2-4-6-10/h2-8,21H,9H2,1H3,(H2,19,23)(H2,20,26,27). The highest BCUT2D eigenvalue weighted by molar-refractivity contribution is 7.89. The molecule has 2 amide bonds. The predicted molar refractivity (Wildman–Crippen MR) is 104 cm³/mol. The average Bonchev–Trinajstić information content (AvgIpc) is 2.65. The Morgan fingerprint density at radius 1 is 1.17 bits per heavy atom. The number of primary sulfonamides is 1. The molecule has 0 radical (unpaired) electrons. The maximum Gasteiger partial charge on any atom is 0.365 e. The molecule has 0 saturated carbocycles. The van der Waals surface area contributed by atoms with E-state index >= 15 is 0 Å². The minimum atomic E-state index is -4.25. The van der Waals surface area contributed by atoms with Crippen molar-refractivity contribution in [2.75, 3.05) is 12.4 Å². The number of hydrogen-bond donors (Lipinski definition) is 3. The van der Waals surface area contributed by atoms with E-state index in [1.807, 2.05) is 30.3 Å². The summed E-state index contributed by atoms with van der Waals surface area (Å²) < 4.78 is 23.5. The zero-order chi connectivity index (χ0) is 21.8. The van der Waals surface area contributed by atoms with Gasteiger partial charge in [0.25, 0.3) is 0 Å². The monoisotopic (exact) mass is 440 g/mol. The minimum absolute atomic E-state index is 0.121. The summed E-state index contributed by atoms with van der Waals surface area (Å²) >= 11 is 5.99. The summed E-state index contributed by atoms with van der Waals surface area (Å²) in [7, 11) is -3.26. The van der Waals surface area contributed by atoms with E-state index in [-0.39, 0.29) is 22.8 Å². The molecule has 2 aromatic rings. The van der Waals surface area contributed by atoms with Gasteiger partial charge in [-0.25, -0.2) is 18.4 Å². The number of nitrogens with one attached hydrogen (secondary N) is 1. The van der Waals surface area contributed by atoms with E-state index < -0.39 is 32.7 Å². The van der Waals surface area contributed by atoms with E-state index in [1.165, 1.54) is 6.07 Å². The summed E-state index contributed by atoms with van der Waals surface area (Å²) in [6.07, 6.45) is 0. The van der Waals surface area contributed by atoms with E-state index in [9.17, 15) is 22.8 Å². The maximum absolute atomic E-state index is 12.5. The molecule has 0 saturated heterocycles. The molecule has 29 heavy (non-hydrogen) atoms. The lowest BCUT2D eigenvalue weighted by Crippen LogP contribution is -2.39. The number of nitrogens with zero attached hydrogens (tertiary/aromatic N) is 1. The second-order valence-corrected chi connectivity index (χ2v) is 7.70. The Bertz CT molecular complexity index is 1060. The van der Waals surface area contributed by atoms with Crippen molar-refractivity contribution in [3.8, 4) is 0 Å². The van der Waals surface area contributed by atoms with Gasteiger partial charge in [-0.2, -0.15) is 5.06 Å². The smallest absolute Gasteiger partial charge is 0.365 e. The predicted octanol–water partition coefficient (Wildman–Crippen LogP) is 0.615. The molecule has 0 spiro atoms.